The molecule has 0 bridgehead atoms. The Hall–Kier alpha value is 2.27. The van der Waals surface area contributed by atoms with Gasteiger partial charge in [-0.25, -0.2) is 4.79 Å². The molecule has 13 heavy (non-hydrogen) atoms. The molecule has 2 nitrogen and oxygen atoms in total. The Morgan fingerprint density at radius 3 is 2.00 bits per heavy atom. The molecule has 0 aromatic heterocycles. The van der Waals surface area contributed by atoms with Crippen molar-refractivity contribution in [2.24, 2.45) is 0 Å². The molecule has 76 valence electrons. The topological polar surface area (TPSA) is 26.3 Å². The molecule has 0 aliphatic carbocycles. The standard InChI is InChI=1S/C5H2Cl3I3O2/c6-5(7,8)4(12)13-1-2(9)3(10)11/h1H2. The second-order valence-corrected chi connectivity index (χ2v) is 9.54. The molecule has 0 N–H and O–H groups in total. The molecule has 0 radical (unpaired) electrons. The first-order valence-corrected chi connectivity index (χ1v) is 7.05. The quantitative estimate of drug-likeness (QED) is 0.275. The third-order valence-electron chi connectivity index (χ3n) is 0.767. The van der Waals surface area contributed by atoms with Crippen LogP contribution >= 0.6 is 103 Å². The highest BCUT2D eigenvalue weighted by atomic mass is 127. The first-order chi connectivity index (χ1) is 5.75. The zero-order valence-electron chi connectivity index (χ0n) is 5.79. The molecule has 0 fully saturated rings. The molecular formula is C5H2Cl3I3O2. The predicted octanol–water partition coefficient (Wildman–Crippen LogP) is 4.37. The van der Waals surface area contributed by atoms with E-state index in [1.54, 1.807) is 0 Å². The van der Waals surface area contributed by atoms with Crippen molar-refractivity contribution in [2.75, 3.05) is 6.61 Å². The molecule has 0 saturated carbocycles. The van der Waals surface area contributed by atoms with Crippen LogP contribution in [0.5, 0.6) is 0 Å². The summed E-state index contributed by atoms with van der Waals surface area (Å²) in [4.78, 5) is 10.9. The molecule has 0 unspecified atom stereocenters. The Morgan fingerprint density at radius 1 is 1.23 bits per heavy atom. The van der Waals surface area contributed by atoms with Crippen LogP contribution < -0.4 is 0 Å². The van der Waals surface area contributed by atoms with E-state index in [0.29, 0.717) is 0 Å². The average Bonchev–Trinajstić information content (AvgIpc) is 1.97. The van der Waals surface area contributed by atoms with Crippen molar-refractivity contribution in [3.8, 4) is 0 Å². The highest BCUT2D eigenvalue weighted by Gasteiger charge is 2.32. The largest absolute Gasteiger partial charge is 0.457 e. The van der Waals surface area contributed by atoms with Gasteiger partial charge in [0.2, 0.25) is 0 Å². The van der Waals surface area contributed by atoms with Crippen molar-refractivity contribution >= 4 is 109 Å². The Kier molecular flexibility index (Phi) is 7.95. The van der Waals surface area contributed by atoms with Crippen molar-refractivity contribution in [2.45, 2.75) is 3.79 Å². The number of carbonyl (C=O) groups excluding carboxylic acids is 1. The van der Waals surface area contributed by atoms with Gasteiger partial charge >= 0.3 is 5.97 Å². The lowest BCUT2D eigenvalue weighted by atomic mass is 10.7. The van der Waals surface area contributed by atoms with Crippen LogP contribution in [0.4, 0.5) is 0 Å². The Morgan fingerprint density at radius 2 is 1.69 bits per heavy atom. The van der Waals surface area contributed by atoms with E-state index >= 15 is 0 Å². The van der Waals surface area contributed by atoms with Crippen LogP contribution in [0.1, 0.15) is 0 Å². The lowest BCUT2D eigenvalue weighted by Crippen LogP contribution is -2.22. The van der Waals surface area contributed by atoms with E-state index in [4.69, 9.17) is 39.5 Å². The normalized spacial score (nSPS) is 10.9. The fourth-order valence-corrected chi connectivity index (χ4v) is 0.896. The predicted molar refractivity (Wildman–Crippen MR) is 80.3 cm³/mol. The smallest absolute Gasteiger partial charge is 0.358 e. The van der Waals surface area contributed by atoms with E-state index in [1.165, 1.54) is 0 Å². The fraction of sp³-hybridized carbons (Fsp3) is 0.400. The lowest BCUT2D eigenvalue weighted by molar-refractivity contribution is -0.141. The maximum Gasteiger partial charge on any atom is 0.358 e. The monoisotopic (exact) mass is 580 g/mol. The molecule has 0 aliphatic heterocycles. The van der Waals surface area contributed by atoms with Gasteiger partial charge in [0.15, 0.2) is 0 Å². The minimum absolute atomic E-state index is 0.133. The number of halogens is 6. The van der Waals surface area contributed by atoms with Crippen molar-refractivity contribution < 1.29 is 9.53 Å². The molecule has 0 aromatic rings. The summed E-state index contributed by atoms with van der Waals surface area (Å²) in [7, 11) is 0. The molecule has 0 aliphatic rings. The zero-order chi connectivity index (χ0) is 10.6. The van der Waals surface area contributed by atoms with E-state index in [1.807, 2.05) is 0 Å². The summed E-state index contributed by atoms with van der Waals surface area (Å²) in [5.41, 5.74) is 0. The van der Waals surface area contributed by atoms with Crippen LogP contribution in [0.3, 0.4) is 0 Å². The number of esters is 1. The summed E-state index contributed by atoms with van der Waals surface area (Å²) >= 11 is 22.1. The zero-order valence-corrected chi connectivity index (χ0v) is 14.5. The molecule has 0 spiro atoms. The van der Waals surface area contributed by atoms with Gasteiger partial charge in [-0.3, -0.25) is 0 Å². The van der Waals surface area contributed by atoms with Gasteiger partial charge in [-0.1, -0.05) is 34.8 Å². The first kappa shape index (κ1) is 15.3. The highest BCUT2D eigenvalue weighted by Crippen LogP contribution is 2.29. The number of ether oxygens (including phenoxy) is 1. The molecule has 0 rings (SSSR count). The third kappa shape index (κ3) is 7.20. The van der Waals surface area contributed by atoms with E-state index in [2.05, 4.69) is 67.8 Å². The van der Waals surface area contributed by atoms with Crippen LogP contribution in [0, 0.1) is 0 Å². The number of hydrogen-bond donors (Lipinski definition) is 0. The number of carbonyl (C=O) groups is 1. The lowest BCUT2D eigenvalue weighted by Gasteiger charge is -2.09. The van der Waals surface area contributed by atoms with Crippen LogP contribution in [-0.2, 0) is 9.53 Å². The van der Waals surface area contributed by atoms with Gasteiger partial charge in [-0.2, -0.15) is 0 Å². The van der Waals surface area contributed by atoms with E-state index in [9.17, 15) is 4.79 Å². The second-order valence-electron chi connectivity index (χ2n) is 1.74. The Labute approximate surface area is 131 Å². The summed E-state index contributed by atoms with van der Waals surface area (Å²) in [6.07, 6.45) is 0. The van der Waals surface area contributed by atoms with Gasteiger partial charge in [0, 0.05) is 3.58 Å². The highest BCUT2D eigenvalue weighted by molar-refractivity contribution is 14.2. The summed E-state index contributed by atoms with van der Waals surface area (Å²) in [6.45, 7) is 0.133. The summed E-state index contributed by atoms with van der Waals surface area (Å²) < 4.78 is 4.62. The van der Waals surface area contributed by atoms with Crippen LogP contribution in [0.15, 0.2) is 5.17 Å². The number of rotatable bonds is 2. The minimum Gasteiger partial charge on any atom is -0.457 e. The van der Waals surface area contributed by atoms with Crippen LogP contribution in [0.2, 0.25) is 0 Å². The molecule has 0 amide bonds. The third-order valence-corrected chi connectivity index (χ3v) is 5.45. The molecule has 0 heterocycles. The Bertz CT molecular complexity index is 232. The van der Waals surface area contributed by atoms with Gasteiger partial charge < -0.3 is 4.74 Å². The molecule has 0 atom stereocenters. The molecule has 0 saturated heterocycles. The van der Waals surface area contributed by atoms with E-state index in [0.717, 1.165) is 5.17 Å². The van der Waals surface area contributed by atoms with Gasteiger partial charge in [0.1, 0.15) is 6.61 Å². The summed E-state index contributed by atoms with van der Waals surface area (Å²) in [6, 6.07) is 0. The van der Waals surface area contributed by atoms with Crippen LogP contribution in [0.25, 0.3) is 0 Å². The van der Waals surface area contributed by atoms with Crippen molar-refractivity contribution in [1.29, 1.82) is 0 Å². The Balaban J connectivity index is 4.07. The van der Waals surface area contributed by atoms with Crippen molar-refractivity contribution in [3.05, 3.63) is 5.17 Å². The van der Waals surface area contributed by atoms with Gasteiger partial charge in [-0.15, -0.1) is 0 Å². The molecule has 0 aromatic carbocycles. The summed E-state index contributed by atoms with van der Waals surface area (Å²) in [5.74, 6) is -0.860. The molecular weight excluding hydrogens is 579 g/mol. The maximum atomic E-state index is 10.9. The van der Waals surface area contributed by atoms with Gasteiger partial charge in [0.25, 0.3) is 3.79 Å². The van der Waals surface area contributed by atoms with Crippen molar-refractivity contribution in [1.82, 2.24) is 0 Å². The van der Waals surface area contributed by atoms with Crippen LogP contribution in [-0.4, -0.2) is 16.4 Å². The fourth-order valence-electron chi connectivity index (χ4n) is 0.265. The SMILES string of the molecule is O=C(OCC(I)=C(I)I)C(Cl)(Cl)Cl. The summed E-state index contributed by atoms with van der Waals surface area (Å²) in [5, 5.41) is 0. The van der Waals surface area contributed by atoms with E-state index in [-0.39, 0.29) is 6.61 Å². The minimum atomic E-state index is -1.99. The first-order valence-electron chi connectivity index (χ1n) is 2.68. The maximum absolute atomic E-state index is 10.9. The second kappa shape index (κ2) is 6.77. The molecule has 8 heteroatoms. The van der Waals surface area contributed by atoms with Gasteiger partial charge in [0.05, 0.1) is 1.59 Å². The van der Waals surface area contributed by atoms with E-state index < -0.39 is 9.76 Å². The average molecular weight is 581 g/mol. The van der Waals surface area contributed by atoms with Gasteiger partial charge in [-0.05, 0) is 67.8 Å². The van der Waals surface area contributed by atoms with Crippen molar-refractivity contribution in [3.63, 3.8) is 0 Å². The number of hydrogen-bond acceptors (Lipinski definition) is 2. The number of alkyl halides is 3.